The summed E-state index contributed by atoms with van der Waals surface area (Å²) in [6, 6.07) is 13.7. The SMILES string of the molecule is C=C.CC.CC.COc1ccc(-c2ocnc2C(=O)NCCc2cccc3cnccc23)cc1C. The summed E-state index contributed by atoms with van der Waals surface area (Å²) in [5.74, 6) is 0.971. The molecule has 0 bridgehead atoms. The molecule has 4 rings (SSSR count). The van der Waals surface area contributed by atoms with E-state index in [1.165, 1.54) is 6.39 Å². The Morgan fingerprint density at radius 2 is 1.83 bits per heavy atom. The minimum absolute atomic E-state index is 0.260. The van der Waals surface area contributed by atoms with Crippen molar-refractivity contribution in [1.82, 2.24) is 15.3 Å². The largest absolute Gasteiger partial charge is 0.496 e. The quantitative estimate of drug-likeness (QED) is 0.303. The topological polar surface area (TPSA) is 77.2 Å². The second-order valence-electron chi connectivity index (χ2n) is 6.73. The summed E-state index contributed by atoms with van der Waals surface area (Å²) >= 11 is 0. The molecule has 6 nitrogen and oxygen atoms in total. The lowest BCUT2D eigenvalue weighted by Gasteiger charge is -2.09. The highest BCUT2D eigenvalue weighted by molar-refractivity contribution is 5.97. The normalized spacial score (nSPS) is 9.43. The molecule has 0 aliphatic carbocycles. The Morgan fingerprint density at radius 3 is 2.51 bits per heavy atom. The van der Waals surface area contributed by atoms with E-state index in [9.17, 15) is 4.79 Å². The number of aryl methyl sites for hydroxylation is 1. The van der Waals surface area contributed by atoms with Crippen molar-refractivity contribution in [3.8, 4) is 17.1 Å². The number of aromatic nitrogens is 2. The second kappa shape index (κ2) is 15.8. The number of benzene rings is 2. The summed E-state index contributed by atoms with van der Waals surface area (Å²) in [5.41, 5.74) is 3.18. The molecule has 1 N–H and O–H groups in total. The van der Waals surface area contributed by atoms with Gasteiger partial charge in [-0.15, -0.1) is 13.2 Å². The molecule has 0 radical (unpaired) electrons. The van der Waals surface area contributed by atoms with Gasteiger partial charge < -0.3 is 14.5 Å². The summed E-state index contributed by atoms with van der Waals surface area (Å²) in [7, 11) is 1.63. The number of carbonyl (C=O) groups is 1. The van der Waals surface area contributed by atoms with Crippen LogP contribution in [0.2, 0.25) is 0 Å². The molecular formula is C29H37N3O3. The van der Waals surface area contributed by atoms with Gasteiger partial charge in [-0.3, -0.25) is 9.78 Å². The molecule has 0 spiro atoms. The predicted molar refractivity (Wildman–Crippen MR) is 145 cm³/mol. The lowest BCUT2D eigenvalue weighted by Crippen LogP contribution is -2.26. The molecule has 4 aromatic rings. The molecule has 2 aromatic heterocycles. The number of amides is 1. The number of pyridine rings is 1. The Bertz CT molecular complexity index is 1180. The van der Waals surface area contributed by atoms with Crippen molar-refractivity contribution >= 4 is 16.7 Å². The average molecular weight is 476 g/mol. The summed E-state index contributed by atoms with van der Waals surface area (Å²) in [6.45, 7) is 16.4. The third kappa shape index (κ3) is 7.54. The van der Waals surface area contributed by atoms with Crippen LogP contribution in [-0.4, -0.2) is 29.5 Å². The van der Waals surface area contributed by atoms with Crippen molar-refractivity contribution in [2.24, 2.45) is 0 Å². The van der Waals surface area contributed by atoms with E-state index < -0.39 is 0 Å². The zero-order valence-corrected chi connectivity index (χ0v) is 21.7. The van der Waals surface area contributed by atoms with Crippen molar-refractivity contribution in [2.75, 3.05) is 13.7 Å². The first kappa shape index (κ1) is 29.1. The molecule has 1 amide bonds. The van der Waals surface area contributed by atoms with Gasteiger partial charge in [0.15, 0.2) is 17.8 Å². The van der Waals surface area contributed by atoms with Gasteiger partial charge in [0, 0.05) is 29.9 Å². The van der Waals surface area contributed by atoms with Crippen molar-refractivity contribution < 1.29 is 13.9 Å². The number of hydrogen-bond donors (Lipinski definition) is 1. The number of oxazole rings is 1. The van der Waals surface area contributed by atoms with Crippen LogP contribution in [0.15, 0.2) is 78.8 Å². The Labute approximate surface area is 209 Å². The van der Waals surface area contributed by atoms with Crippen LogP contribution in [0, 0.1) is 6.92 Å². The third-order valence-electron chi connectivity index (χ3n) is 4.89. The molecule has 0 saturated heterocycles. The minimum atomic E-state index is -0.260. The van der Waals surface area contributed by atoms with E-state index in [2.05, 4.69) is 34.5 Å². The first-order valence-electron chi connectivity index (χ1n) is 11.9. The number of hydrogen-bond acceptors (Lipinski definition) is 5. The zero-order valence-electron chi connectivity index (χ0n) is 21.7. The van der Waals surface area contributed by atoms with Crippen molar-refractivity contribution in [1.29, 1.82) is 0 Å². The van der Waals surface area contributed by atoms with E-state index in [1.54, 1.807) is 13.3 Å². The molecule has 2 heterocycles. The summed E-state index contributed by atoms with van der Waals surface area (Å²) in [6.07, 6.45) is 5.63. The Hall–Kier alpha value is -3.93. The fourth-order valence-corrected chi connectivity index (χ4v) is 3.43. The van der Waals surface area contributed by atoms with E-state index in [1.807, 2.05) is 77.2 Å². The minimum Gasteiger partial charge on any atom is -0.496 e. The van der Waals surface area contributed by atoms with Crippen LogP contribution in [0.5, 0.6) is 5.75 Å². The average Bonchev–Trinajstić information content (AvgIpc) is 3.42. The molecule has 0 atom stereocenters. The van der Waals surface area contributed by atoms with Crippen LogP contribution < -0.4 is 10.1 Å². The molecule has 0 unspecified atom stereocenters. The highest BCUT2D eigenvalue weighted by Crippen LogP contribution is 2.28. The number of methoxy groups -OCH3 is 1. The van der Waals surface area contributed by atoms with Gasteiger partial charge in [0.2, 0.25) is 0 Å². The van der Waals surface area contributed by atoms with Gasteiger partial charge in [-0.05, 0) is 54.1 Å². The van der Waals surface area contributed by atoms with Crippen LogP contribution in [0.3, 0.4) is 0 Å². The van der Waals surface area contributed by atoms with E-state index in [4.69, 9.17) is 9.15 Å². The molecule has 0 saturated carbocycles. The Morgan fingerprint density at radius 1 is 1.09 bits per heavy atom. The Balaban J connectivity index is 0.000000949. The van der Waals surface area contributed by atoms with Gasteiger partial charge in [-0.25, -0.2) is 4.98 Å². The first-order chi connectivity index (χ1) is 17.2. The summed E-state index contributed by atoms with van der Waals surface area (Å²) in [5, 5.41) is 5.18. The van der Waals surface area contributed by atoms with E-state index in [0.717, 1.165) is 33.2 Å². The van der Waals surface area contributed by atoms with Crippen molar-refractivity contribution in [3.63, 3.8) is 0 Å². The van der Waals surface area contributed by atoms with Gasteiger partial charge in [0.1, 0.15) is 5.75 Å². The monoisotopic (exact) mass is 475 g/mol. The molecule has 0 fully saturated rings. The number of fused-ring (bicyclic) bond motifs is 1. The van der Waals surface area contributed by atoms with E-state index in [0.29, 0.717) is 18.7 Å². The molecule has 6 heteroatoms. The van der Waals surface area contributed by atoms with Crippen LogP contribution in [0.4, 0.5) is 0 Å². The fraction of sp³-hybridized carbons (Fsp3) is 0.276. The van der Waals surface area contributed by atoms with Crippen LogP contribution in [0.1, 0.15) is 49.3 Å². The van der Waals surface area contributed by atoms with Gasteiger partial charge >= 0.3 is 0 Å². The van der Waals surface area contributed by atoms with E-state index >= 15 is 0 Å². The van der Waals surface area contributed by atoms with Crippen LogP contribution >= 0.6 is 0 Å². The van der Waals surface area contributed by atoms with Gasteiger partial charge in [0.25, 0.3) is 5.91 Å². The standard InChI is InChI=1S/C23H21N3O3.2C2H6.C2H4/c1-15-12-17(6-7-20(15)28-2)22-21(26-14-29-22)23(27)25-11-8-16-4-3-5-18-13-24-10-9-19(16)18;3*1-2/h3-7,9-10,12-14H,8,11H2,1-2H3,(H,25,27);2*1-2H3;1-2H2. The summed E-state index contributed by atoms with van der Waals surface area (Å²) in [4.78, 5) is 21.0. The van der Waals surface area contributed by atoms with Crippen molar-refractivity contribution in [3.05, 3.63) is 91.2 Å². The molecule has 0 aliphatic rings. The molecule has 2 aromatic carbocycles. The van der Waals surface area contributed by atoms with E-state index in [-0.39, 0.29) is 11.6 Å². The number of ether oxygens (including phenoxy) is 1. The van der Waals surface area contributed by atoms with Gasteiger partial charge in [0.05, 0.1) is 7.11 Å². The summed E-state index contributed by atoms with van der Waals surface area (Å²) < 4.78 is 10.8. The second-order valence-corrected chi connectivity index (χ2v) is 6.73. The first-order valence-corrected chi connectivity index (χ1v) is 11.9. The zero-order chi connectivity index (χ0) is 26.2. The number of rotatable bonds is 6. The highest BCUT2D eigenvalue weighted by Gasteiger charge is 2.18. The van der Waals surface area contributed by atoms with Crippen molar-refractivity contribution in [2.45, 2.75) is 41.0 Å². The molecule has 0 aliphatic heterocycles. The number of nitrogens with one attached hydrogen (secondary N) is 1. The van der Waals surface area contributed by atoms with Gasteiger partial charge in [-0.1, -0.05) is 45.9 Å². The molecule has 35 heavy (non-hydrogen) atoms. The predicted octanol–water partition coefficient (Wildman–Crippen LogP) is 7.03. The highest BCUT2D eigenvalue weighted by atomic mass is 16.5. The Kier molecular flexibility index (Phi) is 13.2. The maximum absolute atomic E-state index is 12.7. The maximum Gasteiger partial charge on any atom is 0.273 e. The van der Waals surface area contributed by atoms with Gasteiger partial charge in [-0.2, -0.15) is 0 Å². The third-order valence-corrected chi connectivity index (χ3v) is 4.89. The molecule has 186 valence electrons. The lowest BCUT2D eigenvalue weighted by molar-refractivity contribution is 0.0950. The van der Waals surface area contributed by atoms with Crippen LogP contribution in [-0.2, 0) is 6.42 Å². The molecular weight excluding hydrogens is 438 g/mol. The fourth-order valence-electron chi connectivity index (χ4n) is 3.43. The lowest BCUT2D eigenvalue weighted by atomic mass is 10.0. The smallest absolute Gasteiger partial charge is 0.273 e. The maximum atomic E-state index is 12.7. The van der Waals surface area contributed by atoms with Crippen LogP contribution in [0.25, 0.3) is 22.1 Å². The number of carbonyl (C=O) groups excluding carboxylic acids is 1. The number of nitrogens with zero attached hydrogens (tertiary/aromatic N) is 2.